The molecule has 0 amide bonds. The Morgan fingerprint density at radius 1 is 0.962 bits per heavy atom. The molecule has 6 heteroatoms. The standard InChI is InChI=1S/C20H17N5O/c26-20-19(23-12-16-8-4-5-10-22-16)24-17-9-11-21-13-18(17)25(20)14-15-6-2-1-3-7-15/h1-11,13H,12,14H2,(H,23,24). The minimum Gasteiger partial charge on any atom is -0.360 e. The number of benzene rings is 1. The predicted molar refractivity (Wildman–Crippen MR) is 101 cm³/mol. The monoisotopic (exact) mass is 343 g/mol. The number of hydrogen-bond donors (Lipinski definition) is 1. The summed E-state index contributed by atoms with van der Waals surface area (Å²) in [6.07, 6.45) is 5.08. The molecule has 3 heterocycles. The van der Waals surface area contributed by atoms with Gasteiger partial charge in [0.25, 0.3) is 5.56 Å². The van der Waals surface area contributed by atoms with Crippen LogP contribution in [0.25, 0.3) is 11.0 Å². The molecule has 0 aliphatic heterocycles. The third kappa shape index (κ3) is 3.30. The van der Waals surface area contributed by atoms with Gasteiger partial charge in [-0.15, -0.1) is 0 Å². The van der Waals surface area contributed by atoms with E-state index in [-0.39, 0.29) is 5.56 Å². The number of anilines is 1. The average molecular weight is 343 g/mol. The maximum atomic E-state index is 13.0. The first-order valence-electron chi connectivity index (χ1n) is 8.33. The molecule has 0 radical (unpaired) electrons. The summed E-state index contributed by atoms with van der Waals surface area (Å²) in [6, 6.07) is 17.4. The van der Waals surface area contributed by atoms with Gasteiger partial charge in [0, 0.05) is 12.4 Å². The van der Waals surface area contributed by atoms with Gasteiger partial charge in [0.15, 0.2) is 5.82 Å². The quantitative estimate of drug-likeness (QED) is 0.603. The Labute approximate surface area is 150 Å². The van der Waals surface area contributed by atoms with Gasteiger partial charge in [-0.2, -0.15) is 0 Å². The van der Waals surface area contributed by atoms with Crippen LogP contribution in [0.1, 0.15) is 11.3 Å². The van der Waals surface area contributed by atoms with Crippen LogP contribution < -0.4 is 10.9 Å². The summed E-state index contributed by atoms with van der Waals surface area (Å²) in [6.45, 7) is 0.896. The average Bonchev–Trinajstić information content (AvgIpc) is 2.70. The van der Waals surface area contributed by atoms with Gasteiger partial charge in [-0.3, -0.25) is 19.3 Å². The molecule has 1 aromatic carbocycles. The van der Waals surface area contributed by atoms with Crippen LogP contribution in [0.5, 0.6) is 0 Å². The largest absolute Gasteiger partial charge is 0.360 e. The molecular formula is C20H17N5O. The van der Waals surface area contributed by atoms with Crippen LogP contribution in [0, 0.1) is 0 Å². The van der Waals surface area contributed by atoms with Crippen LogP contribution in [0.4, 0.5) is 5.82 Å². The number of nitrogens with one attached hydrogen (secondary N) is 1. The zero-order valence-corrected chi connectivity index (χ0v) is 14.0. The van der Waals surface area contributed by atoms with Gasteiger partial charge in [-0.25, -0.2) is 4.98 Å². The summed E-state index contributed by atoms with van der Waals surface area (Å²) < 4.78 is 1.70. The highest BCUT2D eigenvalue weighted by Gasteiger charge is 2.11. The lowest BCUT2D eigenvalue weighted by atomic mass is 10.2. The Morgan fingerprint density at radius 2 is 1.81 bits per heavy atom. The molecule has 6 nitrogen and oxygen atoms in total. The van der Waals surface area contributed by atoms with Gasteiger partial charge in [-0.05, 0) is 23.8 Å². The molecule has 0 aliphatic rings. The first-order valence-corrected chi connectivity index (χ1v) is 8.33. The summed E-state index contributed by atoms with van der Waals surface area (Å²) in [4.78, 5) is 25.9. The molecule has 26 heavy (non-hydrogen) atoms. The van der Waals surface area contributed by atoms with Crippen molar-refractivity contribution in [1.82, 2.24) is 19.5 Å². The smallest absolute Gasteiger partial charge is 0.294 e. The van der Waals surface area contributed by atoms with E-state index < -0.39 is 0 Å². The van der Waals surface area contributed by atoms with Crippen molar-refractivity contribution in [2.24, 2.45) is 0 Å². The molecule has 0 saturated heterocycles. The maximum absolute atomic E-state index is 13.0. The minimum absolute atomic E-state index is 0.176. The van der Waals surface area contributed by atoms with E-state index in [1.54, 1.807) is 23.2 Å². The molecule has 3 aromatic heterocycles. The fourth-order valence-electron chi connectivity index (χ4n) is 2.80. The van der Waals surface area contributed by atoms with Gasteiger partial charge in [0.05, 0.1) is 36.0 Å². The van der Waals surface area contributed by atoms with E-state index in [0.717, 1.165) is 16.8 Å². The third-order valence-electron chi connectivity index (χ3n) is 4.10. The Balaban J connectivity index is 1.74. The first-order chi connectivity index (χ1) is 12.8. The molecule has 128 valence electrons. The first kappa shape index (κ1) is 16.0. The van der Waals surface area contributed by atoms with Gasteiger partial charge in [-0.1, -0.05) is 36.4 Å². The van der Waals surface area contributed by atoms with Crippen LogP contribution in [-0.2, 0) is 13.1 Å². The summed E-state index contributed by atoms with van der Waals surface area (Å²) >= 11 is 0. The summed E-state index contributed by atoms with van der Waals surface area (Å²) in [5.41, 5.74) is 3.15. The van der Waals surface area contributed by atoms with E-state index in [1.807, 2.05) is 54.6 Å². The van der Waals surface area contributed by atoms with E-state index in [9.17, 15) is 4.79 Å². The molecule has 1 N–H and O–H groups in total. The fraction of sp³-hybridized carbons (Fsp3) is 0.100. The van der Waals surface area contributed by atoms with E-state index >= 15 is 0 Å². The van der Waals surface area contributed by atoms with Crippen LogP contribution in [-0.4, -0.2) is 19.5 Å². The van der Waals surface area contributed by atoms with Crippen molar-refractivity contribution in [2.75, 3.05) is 5.32 Å². The van der Waals surface area contributed by atoms with Crippen LogP contribution >= 0.6 is 0 Å². The van der Waals surface area contributed by atoms with Gasteiger partial charge in [0.1, 0.15) is 0 Å². The second-order valence-electron chi connectivity index (χ2n) is 5.88. The van der Waals surface area contributed by atoms with Crippen molar-refractivity contribution in [3.63, 3.8) is 0 Å². The third-order valence-corrected chi connectivity index (χ3v) is 4.10. The second kappa shape index (κ2) is 7.14. The molecule has 4 aromatic rings. The zero-order valence-electron chi connectivity index (χ0n) is 14.0. The molecule has 4 rings (SSSR count). The summed E-state index contributed by atoms with van der Waals surface area (Å²) in [5, 5.41) is 3.12. The molecule has 0 bridgehead atoms. The van der Waals surface area contributed by atoms with Crippen molar-refractivity contribution in [3.05, 3.63) is 94.8 Å². The Morgan fingerprint density at radius 3 is 2.62 bits per heavy atom. The van der Waals surface area contributed by atoms with E-state index in [2.05, 4.69) is 20.3 Å². The molecule has 0 aliphatic carbocycles. The second-order valence-corrected chi connectivity index (χ2v) is 5.88. The van der Waals surface area contributed by atoms with Crippen LogP contribution in [0.2, 0.25) is 0 Å². The highest BCUT2D eigenvalue weighted by Crippen LogP contribution is 2.13. The lowest BCUT2D eigenvalue weighted by Crippen LogP contribution is -2.26. The Bertz CT molecular complexity index is 1080. The fourth-order valence-corrected chi connectivity index (χ4v) is 2.80. The van der Waals surface area contributed by atoms with Gasteiger partial charge >= 0.3 is 0 Å². The van der Waals surface area contributed by atoms with Crippen LogP contribution in [0.15, 0.2) is 78.0 Å². The van der Waals surface area contributed by atoms with E-state index in [1.165, 1.54) is 0 Å². The highest BCUT2D eigenvalue weighted by atomic mass is 16.1. The lowest BCUT2D eigenvalue weighted by molar-refractivity contribution is 0.784. The van der Waals surface area contributed by atoms with Gasteiger partial charge in [0.2, 0.25) is 0 Å². The number of rotatable bonds is 5. The highest BCUT2D eigenvalue weighted by molar-refractivity contribution is 5.75. The van der Waals surface area contributed by atoms with Crippen molar-refractivity contribution in [2.45, 2.75) is 13.1 Å². The van der Waals surface area contributed by atoms with Gasteiger partial charge < -0.3 is 5.32 Å². The minimum atomic E-state index is -0.176. The topological polar surface area (TPSA) is 72.7 Å². The van der Waals surface area contributed by atoms with E-state index in [4.69, 9.17) is 0 Å². The molecule has 0 atom stereocenters. The number of fused-ring (bicyclic) bond motifs is 1. The van der Waals surface area contributed by atoms with Crippen molar-refractivity contribution < 1.29 is 0 Å². The number of nitrogens with zero attached hydrogens (tertiary/aromatic N) is 4. The van der Waals surface area contributed by atoms with Crippen molar-refractivity contribution in [1.29, 1.82) is 0 Å². The molecule has 0 unspecified atom stereocenters. The van der Waals surface area contributed by atoms with Crippen molar-refractivity contribution in [3.8, 4) is 0 Å². The number of pyridine rings is 2. The molecule has 0 fully saturated rings. The molecule has 0 spiro atoms. The molecule has 0 saturated carbocycles. The SMILES string of the molecule is O=c1c(NCc2ccccn2)nc2ccncc2n1Cc1ccccc1. The Kier molecular flexibility index (Phi) is 4.38. The normalized spacial score (nSPS) is 10.8. The number of hydrogen-bond acceptors (Lipinski definition) is 5. The molecular weight excluding hydrogens is 326 g/mol. The maximum Gasteiger partial charge on any atom is 0.294 e. The van der Waals surface area contributed by atoms with Crippen molar-refractivity contribution >= 4 is 16.9 Å². The lowest BCUT2D eigenvalue weighted by Gasteiger charge is -2.13. The number of aromatic nitrogens is 4. The zero-order chi connectivity index (χ0) is 17.8. The van der Waals surface area contributed by atoms with E-state index in [0.29, 0.717) is 24.4 Å². The van der Waals surface area contributed by atoms with Crippen LogP contribution in [0.3, 0.4) is 0 Å². The predicted octanol–water partition coefficient (Wildman–Crippen LogP) is 2.85. The summed E-state index contributed by atoms with van der Waals surface area (Å²) in [7, 11) is 0. The summed E-state index contributed by atoms with van der Waals surface area (Å²) in [5.74, 6) is 0.310. The Hall–Kier alpha value is -3.54.